The molecule has 0 aliphatic carbocycles. The first kappa shape index (κ1) is 17.9. The predicted octanol–water partition coefficient (Wildman–Crippen LogP) is 5.36. The predicted molar refractivity (Wildman–Crippen MR) is 117 cm³/mol. The number of benzene rings is 2. The van der Waals surface area contributed by atoms with Crippen molar-refractivity contribution in [2.45, 2.75) is 6.92 Å². The van der Waals surface area contributed by atoms with Crippen molar-refractivity contribution in [1.82, 2.24) is 14.1 Å². The van der Waals surface area contributed by atoms with Crippen LogP contribution in [-0.2, 0) is 7.05 Å². The van der Waals surface area contributed by atoms with Gasteiger partial charge in [-0.2, -0.15) is 0 Å². The summed E-state index contributed by atoms with van der Waals surface area (Å²) in [6.45, 7) is 1.55. The number of aromatic amines is 1. The van der Waals surface area contributed by atoms with Gasteiger partial charge in [0.1, 0.15) is 0 Å². The molecule has 5 rings (SSSR count). The van der Waals surface area contributed by atoms with Crippen LogP contribution in [0.2, 0.25) is 0 Å². The van der Waals surface area contributed by atoms with Gasteiger partial charge in [0.15, 0.2) is 0 Å². The highest BCUT2D eigenvalue weighted by molar-refractivity contribution is 6.07. The van der Waals surface area contributed by atoms with Gasteiger partial charge >= 0.3 is 0 Å². The van der Waals surface area contributed by atoms with E-state index in [9.17, 15) is 14.9 Å². The summed E-state index contributed by atoms with van der Waals surface area (Å²) in [5, 5.41) is 13.1. The third-order valence-electron chi connectivity index (χ3n) is 5.56. The molecule has 0 saturated carbocycles. The number of carbonyl (C=O) groups is 1. The quantitative estimate of drug-likeness (QED) is 0.328. The van der Waals surface area contributed by atoms with Gasteiger partial charge in [-0.25, -0.2) is 0 Å². The van der Waals surface area contributed by atoms with E-state index >= 15 is 0 Å². The fourth-order valence-electron chi connectivity index (χ4n) is 4.16. The summed E-state index contributed by atoms with van der Waals surface area (Å²) in [6, 6.07) is 12.7. The number of nitrogens with one attached hydrogen (secondary N) is 1. The number of nitro benzene ring substituents is 1. The maximum Gasteiger partial charge on any atom is 0.271 e. The van der Waals surface area contributed by atoms with E-state index in [1.54, 1.807) is 23.6 Å². The van der Waals surface area contributed by atoms with Gasteiger partial charge in [-0.05, 0) is 12.1 Å². The Balaban J connectivity index is 1.75. The van der Waals surface area contributed by atoms with Crippen LogP contribution in [0.1, 0.15) is 11.7 Å². The Morgan fingerprint density at radius 2 is 1.60 bits per heavy atom. The number of nitrogens with zero attached hydrogens (tertiary/aromatic N) is 3. The Morgan fingerprint density at radius 3 is 2.30 bits per heavy atom. The molecular weight excluding hydrogens is 380 g/mol. The second-order valence-electron chi connectivity index (χ2n) is 7.34. The normalized spacial score (nSPS) is 11.4. The fourth-order valence-corrected chi connectivity index (χ4v) is 4.16. The van der Waals surface area contributed by atoms with Crippen LogP contribution in [0.25, 0.3) is 44.1 Å². The molecule has 7 nitrogen and oxygen atoms in total. The van der Waals surface area contributed by atoms with E-state index < -0.39 is 0 Å². The Morgan fingerprint density at radius 1 is 0.933 bits per heavy atom. The molecule has 0 atom stereocenters. The van der Waals surface area contributed by atoms with E-state index in [1.165, 1.54) is 6.07 Å². The molecule has 0 spiro atoms. The van der Waals surface area contributed by atoms with E-state index in [4.69, 9.17) is 0 Å². The van der Waals surface area contributed by atoms with Crippen LogP contribution in [-0.4, -0.2) is 24.9 Å². The first-order chi connectivity index (χ1) is 14.5. The topological polar surface area (TPSA) is 85.9 Å². The SMILES string of the molecule is CC(=O)n1cc(-c2c[nH]cc2-c2cn(C)c3cc([N+](=O)[O-])ccc23)c2ccccc21. The van der Waals surface area contributed by atoms with Crippen molar-refractivity contribution in [2.24, 2.45) is 7.05 Å². The van der Waals surface area contributed by atoms with Gasteiger partial charge in [0.25, 0.3) is 5.69 Å². The molecule has 3 heterocycles. The summed E-state index contributed by atoms with van der Waals surface area (Å²) < 4.78 is 3.56. The zero-order chi connectivity index (χ0) is 21.0. The Labute approximate surface area is 171 Å². The summed E-state index contributed by atoms with van der Waals surface area (Å²) in [4.78, 5) is 26.1. The van der Waals surface area contributed by atoms with Crippen LogP contribution >= 0.6 is 0 Å². The van der Waals surface area contributed by atoms with E-state index in [0.717, 1.165) is 44.1 Å². The van der Waals surface area contributed by atoms with Gasteiger partial charge in [-0.15, -0.1) is 0 Å². The van der Waals surface area contributed by atoms with Gasteiger partial charge in [-0.3, -0.25) is 19.5 Å². The summed E-state index contributed by atoms with van der Waals surface area (Å²) in [5.74, 6) is -0.0491. The molecule has 0 aliphatic heterocycles. The molecule has 0 amide bonds. The molecule has 3 aromatic heterocycles. The van der Waals surface area contributed by atoms with Crippen molar-refractivity contribution in [2.75, 3.05) is 0 Å². The number of H-pyrrole nitrogens is 1. The number of aromatic nitrogens is 3. The molecule has 0 saturated heterocycles. The van der Waals surface area contributed by atoms with Gasteiger partial charge in [-0.1, -0.05) is 18.2 Å². The van der Waals surface area contributed by atoms with Crippen molar-refractivity contribution in [1.29, 1.82) is 0 Å². The molecule has 0 aliphatic rings. The molecule has 0 unspecified atom stereocenters. The van der Waals surface area contributed by atoms with Gasteiger partial charge in [0.05, 0.1) is 16.0 Å². The van der Waals surface area contributed by atoms with Crippen molar-refractivity contribution in [3.8, 4) is 22.3 Å². The summed E-state index contributed by atoms with van der Waals surface area (Å²) in [7, 11) is 1.88. The molecule has 0 bridgehead atoms. The maximum absolute atomic E-state index is 12.2. The number of aryl methyl sites for hydroxylation is 1. The van der Waals surface area contributed by atoms with Crippen molar-refractivity contribution in [3.05, 3.63) is 77.4 Å². The number of rotatable bonds is 3. The van der Waals surface area contributed by atoms with Gasteiger partial charge in [0, 0.05) is 83.9 Å². The van der Waals surface area contributed by atoms with Crippen LogP contribution in [0.4, 0.5) is 5.69 Å². The minimum absolute atomic E-state index is 0.0491. The molecule has 0 radical (unpaired) electrons. The van der Waals surface area contributed by atoms with Crippen molar-refractivity contribution >= 4 is 33.4 Å². The zero-order valence-corrected chi connectivity index (χ0v) is 16.4. The number of hydrogen-bond acceptors (Lipinski definition) is 3. The highest BCUT2D eigenvalue weighted by atomic mass is 16.6. The van der Waals surface area contributed by atoms with Crippen LogP contribution in [0.15, 0.2) is 67.3 Å². The minimum Gasteiger partial charge on any atom is -0.366 e. The van der Waals surface area contributed by atoms with Crippen molar-refractivity contribution in [3.63, 3.8) is 0 Å². The first-order valence-corrected chi connectivity index (χ1v) is 9.47. The average Bonchev–Trinajstić information content (AvgIpc) is 3.43. The Hall–Kier alpha value is -4.13. The highest BCUT2D eigenvalue weighted by Crippen LogP contribution is 2.40. The number of hydrogen-bond donors (Lipinski definition) is 1. The van der Waals surface area contributed by atoms with E-state index in [2.05, 4.69) is 4.98 Å². The number of para-hydroxylation sites is 1. The van der Waals surface area contributed by atoms with E-state index in [1.807, 2.05) is 60.7 Å². The molecular formula is C23H18N4O3. The lowest BCUT2D eigenvalue weighted by Gasteiger charge is -2.03. The fraction of sp³-hybridized carbons (Fsp3) is 0.0870. The van der Waals surface area contributed by atoms with Crippen LogP contribution < -0.4 is 0 Å². The second kappa shape index (κ2) is 6.45. The molecule has 7 heteroatoms. The van der Waals surface area contributed by atoms with Gasteiger partial charge in [0.2, 0.25) is 5.91 Å². The third kappa shape index (κ3) is 2.56. The maximum atomic E-state index is 12.2. The highest BCUT2D eigenvalue weighted by Gasteiger charge is 2.20. The number of carbonyl (C=O) groups excluding carboxylic acids is 1. The average molecular weight is 398 g/mol. The van der Waals surface area contributed by atoms with Crippen LogP contribution in [0.5, 0.6) is 0 Å². The standard InChI is InChI=1S/C23H18N4O3/c1-14(28)26-13-21(16-5-3-4-6-22(16)26)19-11-24-10-18(19)20-12-25(2)23-9-15(27(29)30)7-8-17(20)23/h3-13,24H,1-2H3. The Bertz CT molecular complexity index is 1470. The van der Waals surface area contributed by atoms with Crippen molar-refractivity contribution < 1.29 is 9.72 Å². The summed E-state index contributed by atoms with van der Waals surface area (Å²) in [6.07, 6.45) is 7.69. The number of nitro groups is 1. The molecule has 30 heavy (non-hydrogen) atoms. The second-order valence-corrected chi connectivity index (χ2v) is 7.34. The van der Waals surface area contributed by atoms with Crippen LogP contribution in [0.3, 0.4) is 0 Å². The molecule has 2 aromatic carbocycles. The monoisotopic (exact) mass is 398 g/mol. The largest absolute Gasteiger partial charge is 0.366 e. The zero-order valence-electron chi connectivity index (χ0n) is 16.4. The van der Waals surface area contributed by atoms with E-state index in [-0.39, 0.29) is 16.5 Å². The number of non-ortho nitro benzene ring substituents is 1. The molecule has 5 aromatic rings. The van der Waals surface area contributed by atoms with Gasteiger partial charge < -0.3 is 9.55 Å². The molecule has 148 valence electrons. The number of fused-ring (bicyclic) bond motifs is 2. The summed E-state index contributed by atoms with van der Waals surface area (Å²) >= 11 is 0. The lowest BCUT2D eigenvalue weighted by Crippen LogP contribution is -2.02. The Kier molecular flexibility index (Phi) is 3.86. The summed E-state index contributed by atoms with van der Waals surface area (Å²) in [5.41, 5.74) is 5.58. The molecule has 1 N–H and O–H groups in total. The van der Waals surface area contributed by atoms with E-state index in [0.29, 0.717) is 0 Å². The van der Waals surface area contributed by atoms with Crippen LogP contribution in [0, 0.1) is 10.1 Å². The lowest BCUT2D eigenvalue weighted by molar-refractivity contribution is -0.384. The minimum atomic E-state index is -0.384. The smallest absolute Gasteiger partial charge is 0.271 e. The lowest BCUT2D eigenvalue weighted by atomic mass is 9.98. The third-order valence-corrected chi connectivity index (χ3v) is 5.56. The first-order valence-electron chi connectivity index (χ1n) is 9.47. The molecule has 0 fully saturated rings.